The molecule has 1 aromatic carbocycles. The number of rotatable bonds is 8. The minimum absolute atomic E-state index is 0.0299. The number of hydrogen-bond donors (Lipinski definition) is 0. The topological polar surface area (TPSA) is 32.8 Å². The number of likely N-dealkylation sites (tertiary alicyclic amines) is 2. The first kappa shape index (κ1) is 21.7. The Morgan fingerprint density at radius 1 is 1.10 bits per heavy atom. The van der Waals surface area contributed by atoms with E-state index in [1.54, 1.807) is 0 Å². The molecule has 1 atom stereocenters. The average Bonchev–Trinajstić information content (AvgIpc) is 3.01. The van der Waals surface area contributed by atoms with Crippen LogP contribution < -0.4 is 0 Å². The first-order valence-corrected chi connectivity index (χ1v) is 11.5. The van der Waals surface area contributed by atoms with Crippen LogP contribution in [0.4, 0.5) is 8.78 Å². The van der Waals surface area contributed by atoms with Gasteiger partial charge < -0.3 is 9.64 Å². The van der Waals surface area contributed by atoms with E-state index >= 15 is 0 Å². The molecule has 0 radical (unpaired) electrons. The number of benzene rings is 1. The minimum atomic E-state index is -2.67. The third kappa shape index (κ3) is 5.58. The number of amides is 1. The van der Waals surface area contributed by atoms with Gasteiger partial charge in [-0.1, -0.05) is 62.4 Å². The normalized spacial score (nSPS) is 25.4. The molecule has 1 saturated carbocycles. The maximum absolute atomic E-state index is 14.1. The van der Waals surface area contributed by atoms with E-state index in [0.717, 1.165) is 12.0 Å². The second-order valence-electron chi connectivity index (χ2n) is 9.38. The molecular weight excluding hydrogens is 386 g/mol. The molecule has 3 aliphatic rings. The fourth-order valence-corrected chi connectivity index (χ4v) is 5.22. The van der Waals surface area contributed by atoms with E-state index in [-0.39, 0.29) is 31.0 Å². The zero-order valence-electron chi connectivity index (χ0n) is 17.8. The van der Waals surface area contributed by atoms with Gasteiger partial charge in [0.2, 0.25) is 5.91 Å². The van der Waals surface area contributed by atoms with Crippen LogP contribution in [0, 0.1) is 5.92 Å². The Kier molecular flexibility index (Phi) is 7.04. The van der Waals surface area contributed by atoms with Crippen molar-refractivity contribution in [1.82, 2.24) is 9.80 Å². The first-order chi connectivity index (χ1) is 14.5. The van der Waals surface area contributed by atoms with Gasteiger partial charge >= 0.3 is 0 Å². The molecule has 4 rings (SSSR count). The van der Waals surface area contributed by atoms with Gasteiger partial charge in [0, 0.05) is 38.0 Å². The van der Waals surface area contributed by atoms with Crippen molar-refractivity contribution in [2.24, 2.45) is 5.92 Å². The number of hydrogen-bond acceptors (Lipinski definition) is 3. The SMILES string of the molecule is O=C(CCC1CCCCC1)N1CC(N2CC(F)(F)C[C@H]2COCc2ccccc2)C1. The molecule has 2 heterocycles. The van der Waals surface area contributed by atoms with Crippen molar-refractivity contribution in [3.05, 3.63) is 35.9 Å². The van der Waals surface area contributed by atoms with Gasteiger partial charge in [0.15, 0.2) is 0 Å². The summed E-state index contributed by atoms with van der Waals surface area (Å²) < 4.78 is 34.0. The number of halogens is 2. The summed E-state index contributed by atoms with van der Waals surface area (Å²) in [4.78, 5) is 16.2. The van der Waals surface area contributed by atoms with Crippen molar-refractivity contribution < 1.29 is 18.3 Å². The van der Waals surface area contributed by atoms with E-state index in [1.165, 1.54) is 32.1 Å². The molecule has 0 aromatic heterocycles. The largest absolute Gasteiger partial charge is 0.375 e. The molecule has 166 valence electrons. The predicted octanol–water partition coefficient (Wildman–Crippen LogP) is 4.48. The van der Waals surface area contributed by atoms with E-state index in [1.807, 2.05) is 40.1 Å². The third-order valence-electron chi connectivity index (χ3n) is 7.01. The molecular formula is C24H34F2N2O2. The van der Waals surface area contributed by atoms with E-state index in [9.17, 15) is 13.6 Å². The summed E-state index contributed by atoms with van der Waals surface area (Å²) in [5.74, 6) is -1.78. The second kappa shape index (κ2) is 9.73. The van der Waals surface area contributed by atoms with E-state index < -0.39 is 5.92 Å². The van der Waals surface area contributed by atoms with Gasteiger partial charge in [0.1, 0.15) is 0 Å². The van der Waals surface area contributed by atoms with Gasteiger partial charge in [-0.2, -0.15) is 0 Å². The summed E-state index contributed by atoms with van der Waals surface area (Å²) in [5, 5.41) is 0. The lowest BCUT2D eigenvalue weighted by atomic mass is 9.86. The van der Waals surface area contributed by atoms with Crippen LogP contribution in [0.5, 0.6) is 0 Å². The highest BCUT2D eigenvalue weighted by atomic mass is 19.3. The fraction of sp³-hybridized carbons (Fsp3) is 0.708. The van der Waals surface area contributed by atoms with Crippen molar-refractivity contribution >= 4 is 5.91 Å². The number of carbonyl (C=O) groups is 1. The van der Waals surface area contributed by atoms with E-state index in [4.69, 9.17) is 4.74 Å². The van der Waals surface area contributed by atoms with Gasteiger partial charge in [-0.25, -0.2) is 8.78 Å². The average molecular weight is 421 g/mol. The van der Waals surface area contributed by atoms with E-state index in [0.29, 0.717) is 38.6 Å². The Morgan fingerprint density at radius 3 is 2.57 bits per heavy atom. The van der Waals surface area contributed by atoms with Crippen LogP contribution in [0.2, 0.25) is 0 Å². The van der Waals surface area contributed by atoms with Crippen molar-refractivity contribution in [1.29, 1.82) is 0 Å². The minimum Gasteiger partial charge on any atom is -0.375 e. The molecule has 2 aliphatic heterocycles. The van der Waals surface area contributed by atoms with Crippen LogP contribution in [0.1, 0.15) is 56.9 Å². The lowest BCUT2D eigenvalue weighted by Gasteiger charge is -2.46. The van der Waals surface area contributed by atoms with Crippen LogP contribution >= 0.6 is 0 Å². The smallest absolute Gasteiger partial charge is 0.262 e. The molecule has 30 heavy (non-hydrogen) atoms. The van der Waals surface area contributed by atoms with Crippen LogP contribution in [-0.2, 0) is 16.1 Å². The Bertz CT molecular complexity index is 688. The maximum Gasteiger partial charge on any atom is 0.262 e. The van der Waals surface area contributed by atoms with Gasteiger partial charge in [-0.3, -0.25) is 9.69 Å². The second-order valence-corrected chi connectivity index (χ2v) is 9.38. The standard InChI is InChI=1S/C24H34F2N2O2/c25-24(26)13-21(17-30-16-20-9-5-2-6-10-20)28(18-24)22-14-27(15-22)23(29)12-11-19-7-3-1-4-8-19/h2,5-6,9-10,19,21-22H,1,3-4,7-8,11-18H2/t21-/m0/s1. The van der Waals surface area contributed by atoms with Gasteiger partial charge in [0.05, 0.1) is 19.8 Å². The third-order valence-corrected chi connectivity index (χ3v) is 7.01. The van der Waals surface area contributed by atoms with Crippen molar-refractivity contribution in [2.75, 3.05) is 26.2 Å². The van der Waals surface area contributed by atoms with Crippen LogP contribution in [0.15, 0.2) is 30.3 Å². The van der Waals surface area contributed by atoms with Crippen LogP contribution in [0.3, 0.4) is 0 Å². The quantitative estimate of drug-likeness (QED) is 0.622. The summed E-state index contributed by atoms with van der Waals surface area (Å²) in [7, 11) is 0. The Labute approximate surface area is 178 Å². The highest BCUT2D eigenvalue weighted by Crippen LogP contribution is 2.36. The van der Waals surface area contributed by atoms with Crippen molar-refractivity contribution in [2.45, 2.75) is 76.0 Å². The van der Waals surface area contributed by atoms with Crippen LogP contribution in [0.25, 0.3) is 0 Å². The molecule has 1 aliphatic carbocycles. The summed E-state index contributed by atoms with van der Waals surface area (Å²) in [6, 6.07) is 9.54. The molecule has 1 amide bonds. The van der Waals surface area contributed by atoms with Gasteiger partial charge in [-0.15, -0.1) is 0 Å². The lowest BCUT2D eigenvalue weighted by Crippen LogP contribution is -2.62. The fourth-order valence-electron chi connectivity index (χ4n) is 5.22. The molecule has 0 spiro atoms. The zero-order valence-corrected chi connectivity index (χ0v) is 17.8. The van der Waals surface area contributed by atoms with E-state index in [2.05, 4.69) is 0 Å². The van der Waals surface area contributed by atoms with Gasteiger partial charge in [0.25, 0.3) is 5.92 Å². The first-order valence-electron chi connectivity index (χ1n) is 11.5. The molecule has 0 unspecified atom stereocenters. The molecule has 6 heteroatoms. The number of nitrogens with zero attached hydrogens (tertiary/aromatic N) is 2. The summed E-state index contributed by atoms with van der Waals surface area (Å²) in [6.45, 7) is 1.68. The molecule has 4 nitrogen and oxygen atoms in total. The summed E-state index contributed by atoms with van der Waals surface area (Å²) in [6.07, 6.45) is 7.85. The number of alkyl halides is 2. The molecule has 3 fully saturated rings. The highest BCUT2D eigenvalue weighted by Gasteiger charge is 2.50. The maximum atomic E-state index is 14.1. The van der Waals surface area contributed by atoms with Crippen molar-refractivity contribution in [3.8, 4) is 0 Å². The molecule has 2 saturated heterocycles. The number of ether oxygens (including phenoxy) is 1. The monoisotopic (exact) mass is 420 g/mol. The summed E-state index contributed by atoms with van der Waals surface area (Å²) >= 11 is 0. The summed E-state index contributed by atoms with van der Waals surface area (Å²) in [5.41, 5.74) is 1.05. The lowest BCUT2D eigenvalue weighted by molar-refractivity contribution is -0.140. The van der Waals surface area contributed by atoms with Crippen molar-refractivity contribution in [3.63, 3.8) is 0 Å². The number of carbonyl (C=O) groups excluding carboxylic acids is 1. The Morgan fingerprint density at radius 2 is 1.83 bits per heavy atom. The molecule has 0 N–H and O–H groups in total. The molecule has 1 aromatic rings. The Balaban J connectivity index is 1.21. The molecule has 0 bridgehead atoms. The Hall–Kier alpha value is -1.53. The zero-order chi connectivity index (χ0) is 21.0. The predicted molar refractivity (Wildman–Crippen MR) is 112 cm³/mol. The van der Waals surface area contributed by atoms with Crippen LogP contribution in [-0.4, -0.2) is 60.0 Å². The highest BCUT2D eigenvalue weighted by molar-refractivity contribution is 5.77. The van der Waals surface area contributed by atoms with Gasteiger partial charge in [-0.05, 0) is 17.9 Å².